The molecule has 3 aromatic rings. The standard InChI is InChI=1S/C20H17NO6S2/c1-11-3-8-17(12(2)9-11)29(26,27)21-15-10-16(28-18(15)20(24)25)13-4-6-14(7-5-13)19(22)23/h3-10,21H,1-2H3,(H,22,23)(H,24,25). The quantitative estimate of drug-likeness (QED) is 0.537. The van der Waals surface area contributed by atoms with E-state index in [0.29, 0.717) is 16.0 Å². The molecule has 1 aromatic heterocycles. The molecule has 29 heavy (non-hydrogen) atoms. The van der Waals surface area contributed by atoms with E-state index in [9.17, 15) is 23.1 Å². The Kier molecular flexibility index (Phi) is 5.45. The number of sulfonamides is 1. The Morgan fingerprint density at radius 3 is 2.14 bits per heavy atom. The van der Waals surface area contributed by atoms with Crippen LogP contribution in [0.4, 0.5) is 5.69 Å². The molecule has 0 radical (unpaired) electrons. The summed E-state index contributed by atoms with van der Waals surface area (Å²) >= 11 is 0.904. The molecule has 0 amide bonds. The van der Waals surface area contributed by atoms with E-state index in [4.69, 9.17) is 5.11 Å². The summed E-state index contributed by atoms with van der Waals surface area (Å²) < 4.78 is 28.0. The maximum atomic E-state index is 12.8. The topological polar surface area (TPSA) is 121 Å². The van der Waals surface area contributed by atoms with Crippen LogP contribution in [0.2, 0.25) is 0 Å². The van der Waals surface area contributed by atoms with Gasteiger partial charge in [0, 0.05) is 4.88 Å². The lowest BCUT2D eigenvalue weighted by Crippen LogP contribution is -2.15. The first kappa shape index (κ1) is 20.6. The summed E-state index contributed by atoms with van der Waals surface area (Å²) in [7, 11) is -3.99. The van der Waals surface area contributed by atoms with Crippen LogP contribution in [0, 0.1) is 13.8 Å². The summed E-state index contributed by atoms with van der Waals surface area (Å²) in [5, 5.41) is 18.5. The molecule has 1 heterocycles. The van der Waals surface area contributed by atoms with E-state index < -0.39 is 22.0 Å². The van der Waals surface area contributed by atoms with Crippen LogP contribution in [0.25, 0.3) is 10.4 Å². The van der Waals surface area contributed by atoms with Crippen molar-refractivity contribution in [3.05, 3.63) is 70.1 Å². The minimum atomic E-state index is -3.99. The van der Waals surface area contributed by atoms with E-state index in [1.165, 1.54) is 24.3 Å². The van der Waals surface area contributed by atoms with Gasteiger partial charge in [-0.25, -0.2) is 18.0 Å². The summed E-state index contributed by atoms with van der Waals surface area (Å²) in [5.41, 5.74) is 2.10. The van der Waals surface area contributed by atoms with Crippen LogP contribution < -0.4 is 4.72 Å². The fraction of sp³-hybridized carbons (Fsp3) is 0.100. The van der Waals surface area contributed by atoms with E-state index in [2.05, 4.69) is 4.72 Å². The van der Waals surface area contributed by atoms with Crippen molar-refractivity contribution in [3.63, 3.8) is 0 Å². The van der Waals surface area contributed by atoms with Crippen LogP contribution in [-0.4, -0.2) is 30.6 Å². The van der Waals surface area contributed by atoms with Crippen LogP contribution in [0.15, 0.2) is 53.4 Å². The molecule has 0 bridgehead atoms. The zero-order chi connectivity index (χ0) is 21.3. The number of nitrogens with one attached hydrogen (secondary N) is 1. The van der Waals surface area contributed by atoms with Crippen molar-refractivity contribution in [3.8, 4) is 10.4 Å². The number of carboxylic acids is 2. The first-order chi connectivity index (χ1) is 13.6. The molecule has 3 rings (SSSR count). The van der Waals surface area contributed by atoms with Crippen molar-refractivity contribution >= 4 is 39.0 Å². The van der Waals surface area contributed by atoms with Gasteiger partial charge in [-0.15, -0.1) is 11.3 Å². The summed E-state index contributed by atoms with van der Waals surface area (Å²) in [4.78, 5) is 23.0. The lowest BCUT2D eigenvalue weighted by Gasteiger charge is -2.10. The Balaban J connectivity index is 2.01. The van der Waals surface area contributed by atoms with E-state index in [1.807, 2.05) is 6.92 Å². The van der Waals surface area contributed by atoms with Crippen LogP contribution in [-0.2, 0) is 10.0 Å². The van der Waals surface area contributed by atoms with Gasteiger partial charge in [0.25, 0.3) is 10.0 Å². The minimum Gasteiger partial charge on any atom is -0.478 e. The largest absolute Gasteiger partial charge is 0.478 e. The Hall–Kier alpha value is -3.17. The molecule has 0 saturated carbocycles. The lowest BCUT2D eigenvalue weighted by atomic mass is 10.1. The van der Waals surface area contributed by atoms with Crippen molar-refractivity contribution in [2.75, 3.05) is 4.72 Å². The highest BCUT2D eigenvalue weighted by molar-refractivity contribution is 7.92. The van der Waals surface area contributed by atoms with E-state index in [1.54, 1.807) is 31.2 Å². The predicted octanol–water partition coefficient (Wildman–Crippen LogP) is 4.23. The fourth-order valence-corrected chi connectivity index (χ4v) is 5.16. The van der Waals surface area contributed by atoms with Crippen molar-refractivity contribution in [1.82, 2.24) is 0 Å². The maximum Gasteiger partial charge on any atom is 0.348 e. The lowest BCUT2D eigenvalue weighted by molar-refractivity contribution is 0.0688. The summed E-state index contributed by atoms with van der Waals surface area (Å²) in [6.07, 6.45) is 0. The number of thiophene rings is 1. The van der Waals surface area contributed by atoms with Gasteiger partial charge in [-0.05, 0) is 49.2 Å². The SMILES string of the molecule is Cc1ccc(S(=O)(=O)Nc2cc(-c3ccc(C(=O)O)cc3)sc2C(=O)O)c(C)c1. The Morgan fingerprint density at radius 1 is 0.931 bits per heavy atom. The molecule has 0 saturated heterocycles. The minimum absolute atomic E-state index is 0.0419. The number of aromatic carboxylic acids is 2. The van der Waals surface area contributed by atoms with Crippen molar-refractivity contribution in [2.24, 2.45) is 0 Å². The van der Waals surface area contributed by atoms with Crippen molar-refractivity contribution in [1.29, 1.82) is 0 Å². The normalized spacial score (nSPS) is 11.2. The molecule has 0 atom stereocenters. The summed E-state index contributed by atoms with van der Waals surface area (Å²) in [6, 6.07) is 12.2. The highest BCUT2D eigenvalue weighted by atomic mass is 32.2. The van der Waals surface area contributed by atoms with E-state index >= 15 is 0 Å². The van der Waals surface area contributed by atoms with Crippen molar-refractivity contribution < 1.29 is 28.2 Å². The zero-order valence-electron chi connectivity index (χ0n) is 15.5. The monoisotopic (exact) mass is 431 g/mol. The number of rotatable bonds is 6. The molecule has 7 nitrogen and oxygen atoms in total. The van der Waals surface area contributed by atoms with E-state index in [0.717, 1.165) is 16.9 Å². The smallest absolute Gasteiger partial charge is 0.348 e. The molecule has 0 aliphatic carbocycles. The van der Waals surface area contributed by atoms with Crippen LogP contribution in [0.1, 0.15) is 31.2 Å². The van der Waals surface area contributed by atoms with E-state index in [-0.39, 0.29) is 21.0 Å². The number of carbonyl (C=O) groups is 2. The second-order valence-corrected chi connectivity index (χ2v) is 9.12. The van der Waals surface area contributed by atoms with Crippen LogP contribution in [0.5, 0.6) is 0 Å². The number of benzene rings is 2. The molecule has 0 spiro atoms. The second-order valence-electron chi connectivity index (χ2n) is 6.42. The van der Waals surface area contributed by atoms with Gasteiger partial charge in [-0.1, -0.05) is 29.8 Å². The van der Waals surface area contributed by atoms with Gasteiger partial charge in [-0.3, -0.25) is 4.72 Å². The number of aryl methyl sites for hydroxylation is 2. The Labute approximate surface area is 171 Å². The predicted molar refractivity (Wildman–Crippen MR) is 110 cm³/mol. The first-order valence-electron chi connectivity index (χ1n) is 8.39. The summed E-state index contributed by atoms with van der Waals surface area (Å²) in [6.45, 7) is 3.52. The molecule has 0 unspecified atom stereocenters. The second kappa shape index (κ2) is 7.69. The highest BCUT2D eigenvalue weighted by Crippen LogP contribution is 2.36. The van der Waals surface area contributed by atoms with Gasteiger partial charge in [-0.2, -0.15) is 0 Å². The molecule has 3 N–H and O–H groups in total. The van der Waals surface area contributed by atoms with Gasteiger partial charge < -0.3 is 10.2 Å². The van der Waals surface area contributed by atoms with Crippen molar-refractivity contribution in [2.45, 2.75) is 18.7 Å². The number of hydrogen-bond acceptors (Lipinski definition) is 5. The number of hydrogen-bond donors (Lipinski definition) is 3. The Morgan fingerprint density at radius 2 is 1.59 bits per heavy atom. The van der Waals surface area contributed by atoms with Gasteiger partial charge >= 0.3 is 11.9 Å². The maximum absolute atomic E-state index is 12.8. The van der Waals surface area contributed by atoms with Crippen LogP contribution in [0.3, 0.4) is 0 Å². The molecule has 150 valence electrons. The average molecular weight is 431 g/mol. The van der Waals surface area contributed by atoms with Gasteiger partial charge in [0.2, 0.25) is 0 Å². The van der Waals surface area contributed by atoms with Gasteiger partial charge in [0.15, 0.2) is 0 Å². The third-order valence-electron chi connectivity index (χ3n) is 4.21. The van der Waals surface area contributed by atoms with Gasteiger partial charge in [0.1, 0.15) is 4.88 Å². The highest BCUT2D eigenvalue weighted by Gasteiger charge is 2.23. The molecule has 0 fully saturated rings. The number of anilines is 1. The molecular weight excluding hydrogens is 414 g/mol. The third-order valence-corrected chi connectivity index (χ3v) is 6.90. The summed E-state index contributed by atoms with van der Waals surface area (Å²) in [5.74, 6) is -2.34. The molecule has 2 aromatic carbocycles. The Bertz CT molecular complexity index is 1210. The number of carboxylic acid groups (broad SMARTS) is 2. The first-order valence-corrected chi connectivity index (χ1v) is 10.7. The fourth-order valence-electron chi connectivity index (χ4n) is 2.85. The van der Waals surface area contributed by atoms with Crippen LogP contribution >= 0.6 is 11.3 Å². The average Bonchev–Trinajstić information content (AvgIpc) is 3.04. The zero-order valence-corrected chi connectivity index (χ0v) is 17.1. The van der Waals surface area contributed by atoms with Gasteiger partial charge in [0.05, 0.1) is 16.1 Å². The molecule has 0 aliphatic rings. The molecule has 9 heteroatoms. The molecule has 0 aliphatic heterocycles. The molecular formula is C20H17NO6S2. The third kappa shape index (κ3) is 4.30.